The molecule has 18 heavy (non-hydrogen) atoms. The Kier molecular flexibility index (Phi) is 4.73. The van der Waals surface area contributed by atoms with Crippen molar-refractivity contribution in [2.45, 2.75) is 64.6 Å². The zero-order valence-corrected chi connectivity index (χ0v) is 11.9. The molecule has 3 atom stereocenters. The van der Waals surface area contributed by atoms with E-state index in [4.69, 9.17) is 0 Å². The van der Waals surface area contributed by atoms with E-state index in [-0.39, 0.29) is 5.78 Å². The van der Waals surface area contributed by atoms with E-state index in [9.17, 15) is 15.0 Å². The lowest BCUT2D eigenvalue weighted by molar-refractivity contribution is -0.134. The first-order chi connectivity index (χ1) is 8.12. The minimum Gasteiger partial charge on any atom is -0.386 e. The Morgan fingerprint density at radius 3 is 2.61 bits per heavy atom. The Bertz CT molecular complexity index is 323. The van der Waals surface area contributed by atoms with Crippen LogP contribution in [0.2, 0.25) is 0 Å². The van der Waals surface area contributed by atoms with Gasteiger partial charge in [0.2, 0.25) is 0 Å². The standard InChI is InChI=1S/C15H26O3/c1-11(5-6-13(16)14(2,3)17)12-7-9-15(4,18)10-8-12/h7,9,11-12,17-18H,5-6,8,10H2,1-4H3/t11?,12-,15-/m1/s1. The highest BCUT2D eigenvalue weighted by molar-refractivity contribution is 5.86. The van der Waals surface area contributed by atoms with Crippen LogP contribution in [0, 0.1) is 11.8 Å². The van der Waals surface area contributed by atoms with Crippen LogP contribution in [-0.4, -0.2) is 27.2 Å². The normalized spacial score (nSPS) is 30.2. The molecular formula is C15H26O3. The Hall–Kier alpha value is -0.670. The summed E-state index contributed by atoms with van der Waals surface area (Å²) >= 11 is 0. The van der Waals surface area contributed by atoms with Gasteiger partial charge in [0.1, 0.15) is 5.60 Å². The predicted molar refractivity (Wildman–Crippen MR) is 72.2 cm³/mol. The van der Waals surface area contributed by atoms with Crippen LogP contribution in [0.4, 0.5) is 0 Å². The number of carbonyl (C=O) groups excluding carboxylic acids is 1. The van der Waals surface area contributed by atoms with Crippen LogP contribution >= 0.6 is 0 Å². The monoisotopic (exact) mass is 254 g/mol. The van der Waals surface area contributed by atoms with Gasteiger partial charge in [0, 0.05) is 6.42 Å². The van der Waals surface area contributed by atoms with Crippen molar-refractivity contribution in [3.63, 3.8) is 0 Å². The summed E-state index contributed by atoms with van der Waals surface area (Å²) in [6.45, 7) is 7.03. The highest BCUT2D eigenvalue weighted by atomic mass is 16.3. The molecule has 0 aromatic heterocycles. The third kappa shape index (κ3) is 4.54. The van der Waals surface area contributed by atoms with Gasteiger partial charge in [-0.25, -0.2) is 0 Å². The first kappa shape index (κ1) is 15.4. The average Bonchev–Trinajstić information content (AvgIpc) is 2.24. The van der Waals surface area contributed by atoms with Crippen molar-refractivity contribution < 1.29 is 15.0 Å². The molecule has 0 aliphatic heterocycles. The number of carbonyl (C=O) groups is 1. The van der Waals surface area contributed by atoms with Gasteiger partial charge in [0.15, 0.2) is 5.78 Å². The molecule has 0 spiro atoms. The van der Waals surface area contributed by atoms with Crippen LogP contribution in [0.1, 0.15) is 53.4 Å². The molecule has 1 unspecified atom stereocenters. The SMILES string of the molecule is CC(CCC(=O)C(C)(C)O)[C@@H]1C=C[C@@](C)(O)CC1. The van der Waals surface area contributed by atoms with Gasteiger partial charge in [-0.1, -0.05) is 19.1 Å². The summed E-state index contributed by atoms with van der Waals surface area (Å²) in [4.78, 5) is 11.6. The predicted octanol–water partition coefficient (Wildman–Crippen LogP) is 2.46. The maximum atomic E-state index is 11.6. The van der Waals surface area contributed by atoms with Crippen molar-refractivity contribution in [1.29, 1.82) is 0 Å². The molecule has 0 saturated heterocycles. The van der Waals surface area contributed by atoms with E-state index in [0.717, 1.165) is 19.3 Å². The van der Waals surface area contributed by atoms with Crippen LogP contribution in [-0.2, 0) is 4.79 Å². The summed E-state index contributed by atoms with van der Waals surface area (Å²) in [5.74, 6) is 0.740. The fourth-order valence-corrected chi connectivity index (χ4v) is 2.32. The van der Waals surface area contributed by atoms with Crippen molar-refractivity contribution in [3.05, 3.63) is 12.2 Å². The number of Topliss-reactive ketones (excluding diaryl/α,β-unsaturated/α-hetero) is 1. The van der Waals surface area contributed by atoms with Crippen molar-refractivity contribution in [2.24, 2.45) is 11.8 Å². The average molecular weight is 254 g/mol. The van der Waals surface area contributed by atoms with Gasteiger partial charge in [-0.05, 0) is 51.9 Å². The minimum atomic E-state index is -1.22. The van der Waals surface area contributed by atoms with Crippen LogP contribution < -0.4 is 0 Å². The summed E-state index contributed by atoms with van der Waals surface area (Å²) in [7, 11) is 0. The smallest absolute Gasteiger partial charge is 0.163 e. The molecule has 1 aliphatic rings. The molecule has 3 heteroatoms. The Morgan fingerprint density at radius 2 is 2.17 bits per heavy atom. The second kappa shape index (κ2) is 5.54. The van der Waals surface area contributed by atoms with E-state index in [1.54, 1.807) is 0 Å². The lowest BCUT2D eigenvalue weighted by Crippen LogP contribution is -2.32. The van der Waals surface area contributed by atoms with Gasteiger partial charge < -0.3 is 10.2 Å². The van der Waals surface area contributed by atoms with Crippen LogP contribution in [0.3, 0.4) is 0 Å². The molecular weight excluding hydrogens is 228 g/mol. The first-order valence-corrected chi connectivity index (χ1v) is 6.79. The summed E-state index contributed by atoms with van der Waals surface area (Å²) in [5, 5.41) is 19.4. The van der Waals surface area contributed by atoms with E-state index in [1.807, 2.05) is 13.0 Å². The number of hydrogen-bond acceptors (Lipinski definition) is 3. The van der Waals surface area contributed by atoms with Crippen LogP contribution in [0.25, 0.3) is 0 Å². The maximum Gasteiger partial charge on any atom is 0.163 e. The first-order valence-electron chi connectivity index (χ1n) is 6.79. The number of hydrogen-bond donors (Lipinski definition) is 2. The largest absolute Gasteiger partial charge is 0.386 e. The van der Waals surface area contributed by atoms with Gasteiger partial charge in [-0.3, -0.25) is 4.79 Å². The molecule has 3 nitrogen and oxygen atoms in total. The quantitative estimate of drug-likeness (QED) is 0.741. The molecule has 0 amide bonds. The zero-order chi connectivity index (χ0) is 14.0. The molecule has 1 rings (SSSR count). The van der Waals surface area contributed by atoms with Gasteiger partial charge in [0.05, 0.1) is 5.60 Å². The minimum absolute atomic E-state index is 0.0962. The second-order valence-electron chi connectivity index (χ2n) is 6.42. The highest BCUT2D eigenvalue weighted by Crippen LogP contribution is 2.32. The lowest BCUT2D eigenvalue weighted by atomic mass is 9.78. The molecule has 104 valence electrons. The molecule has 0 aromatic rings. The van der Waals surface area contributed by atoms with Crippen molar-refractivity contribution in [3.8, 4) is 0 Å². The third-order valence-corrected chi connectivity index (χ3v) is 3.93. The van der Waals surface area contributed by atoms with Gasteiger partial charge in [-0.15, -0.1) is 0 Å². The molecule has 0 radical (unpaired) electrons. The van der Waals surface area contributed by atoms with E-state index < -0.39 is 11.2 Å². The number of aliphatic hydroxyl groups is 2. The molecule has 0 fully saturated rings. The van der Waals surface area contributed by atoms with Crippen molar-refractivity contribution >= 4 is 5.78 Å². The van der Waals surface area contributed by atoms with Crippen molar-refractivity contribution in [2.75, 3.05) is 0 Å². The maximum absolute atomic E-state index is 11.6. The molecule has 2 N–H and O–H groups in total. The molecule has 0 aromatic carbocycles. The van der Waals surface area contributed by atoms with E-state index in [1.165, 1.54) is 13.8 Å². The van der Waals surface area contributed by atoms with Gasteiger partial charge in [0.25, 0.3) is 0 Å². The lowest BCUT2D eigenvalue weighted by Gasteiger charge is -2.30. The zero-order valence-electron chi connectivity index (χ0n) is 11.9. The fourth-order valence-electron chi connectivity index (χ4n) is 2.32. The van der Waals surface area contributed by atoms with Gasteiger partial charge >= 0.3 is 0 Å². The topological polar surface area (TPSA) is 57.5 Å². The van der Waals surface area contributed by atoms with E-state index in [2.05, 4.69) is 13.0 Å². The Morgan fingerprint density at radius 1 is 1.56 bits per heavy atom. The molecule has 0 saturated carbocycles. The van der Waals surface area contributed by atoms with Crippen LogP contribution in [0.15, 0.2) is 12.2 Å². The summed E-state index contributed by atoms with van der Waals surface area (Å²) in [6.07, 6.45) is 6.89. The van der Waals surface area contributed by atoms with Crippen molar-refractivity contribution in [1.82, 2.24) is 0 Å². The summed E-state index contributed by atoms with van der Waals surface area (Å²) < 4.78 is 0. The van der Waals surface area contributed by atoms with E-state index in [0.29, 0.717) is 18.3 Å². The van der Waals surface area contributed by atoms with Gasteiger partial charge in [-0.2, -0.15) is 0 Å². The molecule has 0 heterocycles. The summed E-state index contributed by atoms with van der Waals surface area (Å²) in [5.41, 5.74) is -1.88. The highest BCUT2D eigenvalue weighted by Gasteiger charge is 2.28. The molecule has 0 bridgehead atoms. The number of ketones is 1. The summed E-state index contributed by atoms with van der Waals surface area (Å²) in [6, 6.07) is 0. The number of rotatable bonds is 5. The second-order valence-corrected chi connectivity index (χ2v) is 6.42. The Balaban J connectivity index is 2.43. The number of allylic oxidation sites excluding steroid dienone is 1. The molecule has 1 aliphatic carbocycles. The van der Waals surface area contributed by atoms with Crippen LogP contribution in [0.5, 0.6) is 0 Å². The third-order valence-electron chi connectivity index (χ3n) is 3.93. The fraction of sp³-hybridized carbons (Fsp3) is 0.800. The van der Waals surface area contributed by atoms with E-state index >= 15 is 0 Å². The Labute approximate surface area is 110 Å².